The Kier molecular flexibility index (Phi) is 2.97. The Bertz CT molecular complexity index is 595. The quantitative estimate of drug-likeness (QED) is 0.631. The van der Waals surface area contributed by atoms with E-state index in [9.17, 15) is 8.42 Å². The third-order valence-electron chi connectivity index (χ3n) is 1.83. The molecule has 0 fully saturated rings. The highest BCUT2D eigenvalue weighted by Crippen LogP contribution is 2.14. The number of aliphatic hydroxyl groups is 1. The Hall–Kier alpha value is -2.07. The van der Waals surface area contributed by atoms with Crippen molar-refractivity contribution in [1.82, 2.24) is 25.4 Å². The summed E-state index contributed by atoms with van der Waals surface area (Å²) in [6, 6.07) is 0. The zero-order chi connectivity index (χ0) is 12.3. The second-order valence-electron chi connectivity index (χ2n) is 2.95. The van der Waals surface area contributed by atoms with Crippen molar-refractivity contribution in [3.8, 4) is 0 Å². The van der Waals surface area contributed by atoms with E-state index < -0.39 is 16.6 Å². The molecule has 0 saturated heterocycles. The third-order valence-corrected chi connectivity index (χ3v) is 3.17. The molecule has 0 spiro atoms. The van der Waals surface area contributed by atoms with Crippen LogP contribution in [0.1, 0.15) is 5.56 Å². The van der Waals surface area contributed by atoms with Gasteiger partial charge in [-0.25, -0.2) is 9.71 Å². The lowest BCUT2D eigenvalue weighted by Crippen LogP contribution is -2.17. The van der Waals surface area contributed by atoms with Crippen LogP contribution in [0.25, 0.3) is 0 Å². The molecule has 2 aromatic heterocycles. The highest BCUT2D eigenvalue weighted by molar-refractivity contribution is 7.92. The number of H-pyrrole nitrogens is 1. The molecule has 3 N–H and O–H groups in total. The molecule has 0 radical (unpaired) electrons. The molecule has 0 bridgehead atoms. The van der Waals surface area contributed by atoms with Crippen LogP contribution in [0.3, 0.4) is 0 Å². The lowest BCUT2D eigenvalue weighted by atomic mass is 10.4. The Morgan fingerprint density at radius 2 is 2.24 bits per heavy atom. The number of nitrogens with zero attached hydrogens (tertiary/aromatic N) is 4. The number of hydrogen-bond acceptors (Lipinski definition) is 7. The van der Waals surface area contributed by atoms with E-state index in [4.69, 9.17) is 5.11 Å². The maximum absolute atomic E-state index is 11.8. The Morgan fingerprint density at radius 3 is 2.88 bits per heavy atom. The smallest absolute Gasteiger partial charge is 0.281 e. The van der Waals surface area contributed by atoms with Crippen LogP contribution in [-0.2, 0) is 16.6 Å². The van der Waals surface area contributed by atoms with E-state index in [1.165, 1.54) is 18.6 Å². The molecule has 0 saturated carbocycles. The number of nitrogens with one attached hydrogen (secondary N) is 2. The lowest BCUT2D eigenvalue weighted by molar-refractivity contribution is 0.278. The molecule has 2 aromatic rings. The molecule has 0 aliphatic carbocycles. The molecule has 90 valence electrons. The van der Waals surface area contributed by atoms with Gasteiger partial charge in [0.2, 0.25) is 0 Å². The van der Waals surface area contributed by atoms with Gasteiger partial charge in [0.1, 0.15) is 0 Å². The zero-order valence-corrected chi connectivity index (χ0v) is 9.22. The molecule has 0 unspecified atom stereocenters. The molecule has 0 amide bonds. The first kappa shape index (κ1) is 11.4. The molecule has 0 aromatic carbocycles. The predicted octanol–water partition coefficient (Wildman–Crippen LogP) is -1.11. The van der Waals surface area contributed by atoms with Gasteiger partial charge in [0, 0.05) is 5.56 Å². The summed E-state index contributed by atoms with van der Waals surface area (Å²) in [4.78, 5) is 3.67. The summed E-state index contributed by atoms with van der Waals surface area (Å²) in [6.45, 7) is -0.444. The summed E-state index contributed by atoms with van der Waals surface area (Å²) in [5.41, 5.74) is 0.154. The van der Waals surface area contributed by atoms with E-state index in [1.807, 2.05) is 0 Å². The maximum atomic E-state index is 11.8. The number of aromatic amines is 1. The fraction of sp³-hybridized carbons (Fsp3) is 0.143. The largest absolute Gasteiger partial charge is 0.392 e. The van der Waals surface area contributed by atoms with Gasteiger partial charge in [-0.15, -0.1) is 5.10 Å². The SMILES string of the molecule is O=S(=O)(Nc1nccnn1)c1[nH]ncc1CO. The molecule has 0 atom stereocenters. The van der Waals surface area contributed by atoms with Crippen LogP contribution >= 0.6 is 0 Å². The monoisotopic (exact) mass is 256 g/mol. The summed E-state index contributed by atoms with van der Waals surface area (Å²) >= 11 is 0. The molecule has 2 heterocycles. The van der Waals surface area contributed by atoms with Gasteiger partial charge in [0.25, 0.3) is 16.0 Å². The highest BCUT2D eigenvalue weighted by Gasteiger charge is 2.21. The number of hydrogen-bond donors (Lipinski definition) is 3. The van der Waals surface area contributed by atoms with Crippen LogP contribution in [0.4, 0.5) is 5.95 Å². The van der Waals surface area contributed by atoms with Crippen LogP contribution in [0.15, 0.2) is 23.6 Å². The number of aliphatic hydroxyl groups excluding tert-OH is 1. The second-order valence-corrected chi connectivity index (χ2v) is 4.57. The zero-order valence-electron chi connectivity index (χ0n) is 8.40. The van der Waals surface area contributed by atoms with E-state index in [1.54, 1.807) is 0 Å². The average molecular weight is 256 g/mol. The topological polar surface area (TPSA) is 134 Å². The van der Waals surface area contributed by atoms with Crippen molar-refractivity contribution < 1.29 is 13.5 Å². The minimum Gasteiger partial charge on any atom is -0.392 e. The lowest BCUT2D eigenvalue weighted by Gasteiger charge is -2.04. The summed E-state index contributed by atoms with van der Waals surface area (Å²) in [7, 11) is -3.91. The van der Waals surface area contributed by atoms with Crippen LogP contribution in [0.2, 0.25) is 0 Å². The van der Waals surface area contributed by atoms with Gasteiger partial charge in [-0.2, -0.15) is 18.6 Å². The standard InChI is InChI=1S/C7H8N6O3S/c14-4-5-3-10-11-6(5)17(15,16)13-7-8-1-2-9-12-7/h1-3,14H,4H2,(H,10,11)(H,8,12,13). The number of sulfonamides is 1. The number of anilines is 1. The van der Waals surface area contributed by atoms with Crippen molar-refractivity contribution in [1.29, 1.82) is 0 Å². The van der Waals surface area contributed by atoms with Gasteiger partial charge in [0.15, 0.2) is 5.03 Å². The van der Waals surface area contributed by atoms with Crippen molar-refractivity contribution in [2.24, 2.45) is 0 Å². The van der Waals surface area contributed by atoms with E-state index >= 15 is 0 Å². The first-order chi connectivity index (χ1) is 8.13. The minimum absolute atomic E-state index is 0.154. The van der Waals surface area contributed by atoms with E-state index in [2.05, 4.69) is 30.1 Å². The van der Waals surface area contributed by atoms with Crippen LogP contribution in [0.5, 0.6) is 0 Å². The molecule has 17 heavy (non-hydrogen) atoms. The fourth-order valence-electron chi connectivity index (χ4n) is 1.11. The van der Waals surface area contributed by atoms with Crippen molar-refractivity contribution in [2.75, 3.05) is 4.72 Å². The maximum Gasteiger partial charge on any atom is 0.281 e. The molecule has 10 heteroatoms. The molecular weight excluding hydrogens is 248 g/mol. The first-order valence-electron chi connectivity index (χ1n) is 4.43. The Labute approximate surface area is 96.0 Å². The van der Waals surface area contributed by atoms with Crippen molar-refractivity contribution >= 4 is 16.0 Å². The summed E-state index contributed by atoms with van der Waals surface area (Å²) < 4.78 is 25.8. The number of aromatic nitrogens is 5. The van der Waals surface area contributed by atoms with Gasteiger partial charge >= 0.3 is 0 Å². The van der Waals surface area contributed by atoms with Crippen LogP contribution in [-0.4, -0.2) is 38.9 Å². The van der Waals surface area contributed by atoms with Crippen molar-refractivity contribution in [3.05, 3.63) is 24.2 Å². The predicted molar refractivity (Wildman–Crippen MR) is 55.1 cm³/mol. The van der Waals surface area contributed by atoms with Crippen LogP contribution < -0.4 is 4.72 Å². The van der Waals surface area contributed by atoms with Gasteiger partial charge in [0.05, 0.1) is 25.2 Å². The van der Waals surface area contributed by atoms with Gasteiger partial charge in [-0.05, 0) is 0 Å². The van der Waals surface area contributed by atoms with E-state index in [0.29, 0.717) is 0 Å². The second kappa shape index (κ2) is 4.43. The summed E-state index contributed by atoms with van der Waals surface area (Å²) in [6.07, 6.45) is 3.83. The molecule has 2 rings (SSSR count). The Morgan fingerprint density at radius 1 is 1.41 bits per heavy atom. The molecule has 0 aliphatic rings. The first-order valence-corrected chi connectivity index (χ1v) is 5.91. The summed E-state index contributed by atoms with van der Waals surface area (Å²) in [5.74, 6) is -0.161. The molecule has 9 nitrogen and oxygen atoms in total. The van der Waals surface area contributed by atoms with E-state index in [0.717, 1.165) is 0 Å². The molecule has 0 aliphatic heterocycles. The Balaban J connectivity index is 2.32. The fourth-order valence-corrected chi connectivity index (χ4v) is 2.18. The molecular formula is C7H8N6O3S. The summed E-state index contributed by atoms with van der Waals surface area (Å²) in [5, 5.41) is 21.5. The van der Waals surface area contributed by atoms with Crippen LogP contribution in [0, 0.1) is 0 Å². The minimum atomic E-state index is -3.91. The highest BCUT2D eigenvalue weighted by atomic mass is 32.2. The van der Waals surface area contributed by atoms with Crippen molar-refractivity contribution in [3.63, 3.8) is 0 Å². The van der Waals surface area contributed by atoms with Crippen molar-refractivity contribution in [2.45, 2.75) is 11.6 Å². The van der Waals surface area contributed by atoms with E-state index in [-0.39, 0.29) is 16.5 Å². The normalized spacial score (nSPS) is 11.4. The van der Waals surface area contributed by atoms with Gasteiger partial charge in [-0.1, -0.05) is 0 Å². The van der Waals surface area contributed by atoms with Gasteiger partial charge < -0.3 is 5.11 Å². The number of rotatable bonds is 4. The average Bonchev–Trinajstić information content (AvgIpc) is 2.78. The van der Waals surface area contributed by atoms with Gasteiger partial charge in [-0.3, -0.25) is 5.10 Å². The third kappa shape index (κ3) is 2.37.